The summed E-state index contributed by atoms with van der Waals surface area (Å²) in [5, 5.41) is 8.82. The van der Waals surface area contributed by atoms with E-state index in [1.165, 1.54) is 6.42 Å². The van der Waals surface area contributed by atoms with Crippen LogP contribution in [-0.2, 0) is 34.2 Å². The topological polar surface area (TPSA) is 88.4 Å². The molecule has 9 heteroatoms. The first-order valence-electron chi connectivity index (χ1n) is 11.2. The molecule has 0 N–H and O–H groups in total. The zero-order valence-electron chi connectivity index (χ0n) is 18.1. The molecule has 1 aromatic heterocycles. The van der Waals surface area contributed by atoms with Gasteiger partial charge in [-0.05, 0) is 62.8 Å². The van der Waals surface area contributed by atoms with E-state index in [1.807, 2.05) is 6.92 Å². The molecule has 3 aliphatic rings. The molecular formula is C22H29N5O3S. The molecule has 3 aliphatic heterocycles. The lowest BCUT2D eigenvalue weighted by atomic mass is 10.1. The minimum Gasteiger partial charge on any atom is -0.314 e. The van der Waals surface area contributed by atoms with Crippen LogP contribution in [0.3, 0.4) is 0 Å². The van der Waals surface area contributed by atoms with E-state index in [9.17, 15) is 13.2 Å². The third-order valence-electron chi connectivity index (χ3n) is 6.85. The van der Waals surface area contributed by atoms with Crippen LogP contribution in [0, 0.1) is 0 Å². The summed E-state index contributed by atoms with van der Waals surface area (Å²) in [6.07, 6.45) is 6.49. The Morgan fingerprint density at radius 1 is 1.10 bits per heavy atom. The first kappa shape index (κ1) is 20.6. The second-order valence-electron chi connectivity index (χ2n) is 8.94. The van der Waals surface area contributed by atoms with Gasteiger partial charge in [-0.15, -0.1) is 10.2 Å². The van der Waals surface area contributed by atoms with Gasteiger partial charge in [0.1, 0.15) is 5.82 Å². The molecular weight excluding hydrogens is 414 g/mol. The third-order valence-corrected chi connectivity index (χ3v) is 8.76. The summed E-state index contributed by atoms with van der Waals surface area (Å²) in [4.78, 5) is 14.1. The Morgan fingerprint density at radius 2 is 1.94 bits per heavy atom. The minimum absolute atomic E-state index is 0.0195. The molecule has 0 radical (unpaired) electrons. The fraction of sp³-hybridized carbons (Fsp3) is 0.591. The van der Waals surface area contributed by atoms with Crippen LogP contribution in [0.4, 0.5) is 5.69 Å². The number of carbonyl (C=O) groups is 1. The summed E-state index contributed by atoms with van der Waals surface area (Å²) in [6.45, 7) is 4.89. The lowest BCUT2D eigenvalue weighted by Gasteiger charge is -2.24. The van der Waals surface area contributed by atoms with Crippen molar-refractivity contribution in [3.8, 4) is 0 Å². The Balaban J connectivity index is 1.48. The average molecular weight is 444 g/mol. The molecule has 5 rings (SSSR count). The van der Waals surface area contributed by atoms with Gasteiger partial charge in [0, 0.05) is 38.2 Å². The average Bonchev–Trinajstić information content (AvgIpc) is 3.39. The maximum Gasteiger partial charge on any atom is 0.243 e. The van der Waals surface area contributed by atoms with Crippen LogP contribution < -0.4 is 4.90 Å². The molecule has 1 amide bonds. The molecule has 1 aromatic carbocycles. The molecule has 0 saturated carbocycles. The van der Waals surface area contributed by atoms with Crippen molar-refractivity contribution in [1.29, 1.82) is 0 Å². The van der Waals surface area contributed by atoms with Crippen LogP contribution in [0.25, 0.3) is 0 Å². The second-order valence-corrected chi connectivity index (χ2v) is 10.8. The summed E-state index contributed by atoms with van der Waals surface area (Å²) in [6, 6.07) is 4.94. The fourth-order valence-corrected chi connectivity index (χ4v) is 7.13. The number of benzene rings is 1. The Hall–Kier alpha value is -2.26. The molecule has 1 saturated heterocycles. The van der Waals surface area contributed by atoms with Crippen molar-refractivity contribution in [2.75, 3.05) is 11.4 Å². The molecule has 4 heterocycles. The Labute approximate surface area is 183 Å². The van der Waals surface area contributed by atoms with Gasteiger partial charge in [-0.3, -0.25) is 4.79 Å². The van der Waals surface area contributed by atoms with Crippen molar-refractivity contribution < 1.29 is 13.2 Å². The molecule has 0 aliphatic carbocycles. The summed E-state index contributed by atoms with van der Waals surface area (Å²) >= 11 is 0. The molecule has 0 bridgehead atoms. The number of hydrogen-bond donors (Lipinski definition) is 0. The number of hydrogen-bond acceptors (Lipinski definition) is 5. The van der Waals surface area contributed by atoms with Crippen molar-refractivity contribution in [2.45, 2.75) is 82.3 Å². The summed E-state index contributed by atoms with van der Waals surface area (Å²) in [7, 11) is -3.68. The van der Waals surface area contributed by atoms with Crippen LogP contribution in [0.15, 0.2) is 23.1 Å². The van der Waals surface area contributed by atoms with Crippen LogP contribution in [0.5, 0.6) is 0 Å². The monoisotopic (exact) mass is 443 g/mol. The van der Waals surface area contributed by atoms with E-state index in [1.54, 1.807) is 34.3 Å². The Bertz CT molecular complexity index is 1130. The van der Waals surface area contributed by atoms with Crippen molar-refractivity contribution in [2.24, 2.45) is 0 Å². The third kappa shape index (κ3) is 3.38. The second kappa shape index (κ2) is 7.70. The van der Waals surface area contributed by atoms with Crippen LogP contribution in [-0.4, -0.2) is 46.0 Å². The van der Waals surface area contributed by atoms with Gasteiger partial charge in [-0.1, -0.05) is 6.42 Å². The Kier molecular flexibility index (Phi) is 5.13. The maximum absolute atomic E-state index is 13.7. The fourth-order valence-electron chi connectivity index (χ4n) is 5.42. The molecule has 8 nitrogen and oxygen atoms in total. The number of aryl methyl sites for hydroxylation is 1. The van der Waals surface area contributed by atoms with Crippen molar-refractivity contribution in [1.82, 2.24) is 19.1 Å². The first-order valence-corrected chi connectivity index (χ1v) is 12.7. The van der Waals surface area contributed by atoms with Crippen LogP contribution in [0.2, 0.25) is 0 Å². The lowest BCUT2D eigenvalue weighted by molar-refractivity contribution is -0.116. The van der Waals surface area contributed by atoms with Crippen LogP contribution >= 0.6 is 0 Å². The molecule has 166 valence electrons. The number of nitrogens with zero attached hydrogens (tertiary/aromatic N) is 5. The van der Waals surface area contributed by atoms with E-state index in [2.05, 4.69) is 14.8 Å². The smallest absolute Gasteiger partial charge is 0.243 e. The highest BCUT2D eigenvalue weighted by Gasteiger charge is 2.40. The summed E-state index contributed by atoms with van der Waals surface area (Å²) < 4.78 is 31.1. The number of sulfonamides is 1. The quantitative estimate of drug-likeness (QED) is 0.728. The predicted molar refractivity (Wildman–Crippen MR) is 116 cm³/mol. The van der Waals surface area contributed by atoms with E-state index in [0.717, 1.165) is 61.5 Å². The number of anilines is 1. The largest absolute Gasteiger partial charge is 0.314 e. The standard InChI is InChI=1S/C22H29N5O3S/c1-15-13-17-14-18(9-10-19(17)27(15)16(2)28)31(29,30)26-12-6-7-20(26)22-24-23-21-8-4-3-5-11-25(21)22/h9-10,14-15,20H,3-8,11-13H2,1-2H3. The van der Waals surface area contributed by atoms with E-state index in [-0.39, 0.29) is 18.0 Å². The molecule has 2 atom stereocenters. The van der Waals surface area contributed by atoms with Gasteiger partial charge in [-0.25, -0.2) is 8.42 Å². The maximum atomic E-state index is 13.7. The van der Waals surface area contributed by atoms with Gasteiger partial charge in [0.2, 0.25) is 15.9 Å². The molecule has 2 unspecified atom stereocenters. The highest BCUT2D eigenvalue weighted by molar-refractivity contribution is 7.89. The molecule has 1 fully saturated rings. The van der Waals surface area contributed by atoms with Gasteiger partial charge in [0.15, 0.2) is 5.82 Å². The first-order chi connectivity index (χ1) is 14.9. The van der Waals surface area contributed by atoms with Crippen molar-refractivity contribution in [3.05, 3.63) is 35.4 Å². The number of rotatable bonds is 3. The molecule has 0 spiro atoms. The lowest BCUT2D eigenvalue weighted by Crippen LogP contribution is -2.33. The predicted octanol–water partition coefficient (Wildman–Crippen LogP) is 2.83. The summed E-state index contributed by atoms with van der Waals surface area (Å²) in [5.41, 5.74) is 1.73. The number of aromatic nitrogens is 3. The zero-order valence-corrected chi connectivity index (χ0v) is 18.9. The highest BCUT2D eigenvalue weighted by Crippen LogP contribution is 2.39. The minimum atomic E-state index is -3.68. The van der Waals surface area contributed by atoms with Crippen molar-refractivity contribution >= 4 is 21.6 Å². The number of amides is 1. The number of carbonyl (C=O) groups excluding carboxylic acids is 1. The summed E-state index contributed by atoms with van der Waals surface area (Å²) in [5.74, 6) is 1.75. The van der Waals surface area contributed by atoms with Gasteiger partial charge < -0.3 is 9.47 Å². The zero-order chi connectivity index (χ0) is 21.8. The van der Waals surface area contributed by atoms with Gasteiger partial charge in [-0.2, -0.15) is 4.31 Å². The highest BCUT2D eigenvalue weighted by atomic mass is 32.2. The molecule has 2 aromatic rings. The van der Waals surface area contributed by atoms with E-state index >= 15 is 0 Å². The molecule has 31 heavy (non-hydrogen) atoms. The van der Waals surface area contributed by atoms with Crippen molar-refractivity contribution in [3.63, 3.8) is 0 Å². The number of fused-ring (bicyclic) bond motifs is 2. The van der Waals surface area contributed by atoms with Gasteiger partial charge in [0.05, 0.1) is 10.9 Å². The van der Waals surface area contributed by atoms with Gasteiger partial charge >= 0.3 is 0 Å². The van der Waals surface area contributed by atoms with E-state index in [4.69, 9.17) is 0 Å². The normalized spacial score (nSPS) is 24.1. The van der Waals surface area contributed by atoms with E-state index < -0.39 is 10.0 Å². The Morgan fingerprint density at radius 3 is 2.74 bits per heavy atom. The van der Waals surface area contributed by atoms with E-state index in [0.29, 0.717) is 17.9 Å². The van der Waals surface area contributed by atoms with Gasteiger partial charge in [0.25, 0.3) is 0 Å². The van der Waals surface area contributed by atoms with Crippen LogP contribution in [0.1, 0.15) is 69.2 Å². The SMILES string of the molecule is CC(=O)N1c2ccc(S(=O)(=O)N3CCCC3c3nnc4n3CCCCC4)cc2CC1C.